The summed E-state index contributed by atoms with van der Waals surface area (Å²) in [5.74, 6) is -1.07. The van der Waals surface area contributed by atoms with Crippen molar-refractivity contribution in [2.24, 2.45) is 5.73 Å². The molecule has 3 amide bonds. The number of carbonyl (C=O) groups excluding carboxylic acids is 3. The van der Waals surface area contributed by atoms with Crippen LogP contribution >= 0.6 is 0 Å². The third kappa shape index (κ3) is 6.06. The van der Waals surface area contributed by atoms with Crippen molar-refractivity contribution in [3.8, 4) is 0 Å². The lowest BCUT2D eigenvalue weighted by Gasteiger charge is -2.35. The van der Waals surface area contributed by atoms with Crippen molar-refractivity contribution in [1.29, 1.82) is 0 Å². The van der Waals surface area contributed by atoms with Crippen molar-refractivity contribution >= 4 is 17.9 Å². The number of nitrogens with one attached hydrogen (secondary N) is 1. The largest absolute Gasteiger partial charge is 0.445 e. The zero-order valence-electron chi connectivity index (χ0n) is 19.6. The number of rotatable bonds is 7. The zero-order chi connectivity index (χ0) is 24.8. The molecule has 0 bridgehead atoms. The van der Waals surface area contributed by atoms with Gasteiger partial charge in [-0.15, -0.1) is 0 Å². The van der Waals surface area contributed by atoms with Crippen LogP contribution in [0.2, 0.25) is 0 Å². The van der Waals surface area contributed by atoms with Gasteiger partial charge in [-0.25, -0.2) is 4.79 Å². The highest BCUT2D eigenvalue weighted by molar-refractivity contribution is 5.91. The molecule has 0 radical (unpaired) electrons. The van der Waals surface area contributed by atoms with Gasteiger partial charge in [-0.1, -0.05) is 84.4 Å². The molecular weight excluding hydrogens is 442 g/mol. The summed E-state index contributed by atoms with van der Waals surface area (Å²) < 4.78 is 5.54. The van der Waals surface area contributed by atoms with Crippen molar-refractivity contribution in [3.63, 3.8) is 0 Å². The SMILES string of the molecule is Cc1ccc(C[C@@H](NC(=O)[C@@H]2Cc3ccccc3CN2C(=O)OCc2ccccc2)C(N)=O)cc1. The van der Waals surface area contributed by atoms with Crippen molar-refractivity contribution in [3.05, 3.63) is 107 Å². The number of aryl methyl sites for hydroxylation is 1. The summed E-state index contributed by atoms with van der Waals surface area (Å²) in [6, 6.07) is 23.0. The number of carbonyl (C=O) groups is 3. The number of hydrogen-bond donors (Lipinski definition) is 2. The Morgan fingerprint density at radius 3 is 2.29 bits per heavy atom. The van der Waals surface area contributed by atoms with Crippen LogP contribution in [-0.4, -0.2) is 34.9 Å². The summed E-state index contributed by atoms with van der Waals surface area (Å²) in [7, 11) is 0. The first-order valence-electron chi connectivity index (χ1n) is 11.6. The van der Waals surface area contributed by atoms with Gasteiger partial charge in [0.1, 0.15) is 18.7 Å². The Kier molecular flexibility index (Phi) is 7.45. The molecule has 0 unspecified atom stereocenters. The van der Waals surface area contributed by atoms with Gasteiger partial charge in [0.25, 0.3) is 0 Å². The van der Waals surface area contributed by atoms with Crippen molar-refractivity contribution in [1.82, 2.24) is 10.2 Å². The van der Waals surface area contributed by atoms with Crippen LogP contribution in [0.1, 0.15) is 27.8 Å². The molecule has 0 aliphatic carbocycles. The number of fused-ring (bicyclic) bond motifs is 1. The van der Waals surface area contributed by atoms with Gasteiger partial charge in [0.15, 0.2) is 0 Å². The number of primary amides is 1. The second-order valence-electron chi connectivity index (χ2n) is 8.81. The number of amides is 3. The normalized spacial score (nSPS) is 15.6. The van der Waals surface area contributed by atoms with Gasteiger partial charge in [0.2, 0.25) is 11.8 Å². The Morgan fingerprint density at radius 1 is 0.943 bits per heavy atom. The van der Waals surface area contributed by atoms with E-state index < -0.39 is 30.0 Å². The van der Waals surface area contributed by atoms with Crippen molar-refractivity contribution in [2.45, 2.75) is 45.0 Å². The van der Waals surface area contributed by atoms with E-state index in [0.29, 0.717) is 6.42 Å². The van der Waals surface area contributed by atoms with Crippen LogP contribution in [0.3, 0.4) is 0 Å². The Hall–Kier alpha value is -4.13. The van der Waals surface area contributed by atoms with E-state index in [9.17, 15) is 14.4 Å². The van der Waals surface area contributed by atoms with E-state index in [1.807, 2.05) is 85.8 Å². The maximum absolute atomic E-state index is 13.4. The minimum Gasteiger partial charge on any atom is -0.445 e. The Bertz CT molecular complexity index is 1190. The molecule has 7 nitrogen and oxygen atoms in total. The fourth-order valence-electron chi connectivity index (χ4n) is 4.20. The Morgan fingerprint density at radius 2 is 1.60 bits per heavy atom. The molecule has 1 aliphatic heterocycles. The summed E-state index contributed by atoms with van der Waals surface area (Å²) in [5, 5.41) is 2.78. The molecule has 4 rings (SSSR count). The number of ether oxygens (including phenoxy) is 1. The molecule has 35 heavy (non-hydrogen) atoms. The lowest BCUT2D eigenvalue weighted by Crippen LogP contribution is -2.56. The first-order chi connectivity index (χ1) is 16.9. The molecule has 0 fully saturated rings. The second-order valence-corrected chi connectivity index (χ2v) is 8.81. The van der Waals surface area contributed by atoms with Gasteiger partial charge in [-0.05, 0) is 29.2 Å². The monoisotopic (exact) mass is 471 g/mol. The molecule has 0 saturated carbocycles. The Labute approximate surface area is 204 Å². The molecular formula is C28H29N3O4. The van der Waals surface area contributed by atoms with Gasteiger partial charge in [0, 0.05) is 12.8 Å². The van der Waals surface area contributed by atoms with Crippen LogP contribution < -0.4 is 11.1 Å². The summed E-state index contributed by atoms with van der Waals surface area (Å²) in [5.41, 5.74) is 10.4. The molecule has 1 aliphatic rings. The second kappa shape index (κ2) is 10.9. The van der Waals surface area contributed by atoms with Gasteiger partial charge >= 0.3 is 6.09 Å². The minimum atomic E-state index is -0.899. The van der Waals surface area contributed by atoms with Crippen LogP contribution in [0.25, 0.3) is 0 Å². The van der Waals surface area contributed by atoms with Crippen LogP contribution in [0.4, 0.5) is 4.79 Å². The van der Waals surface area contributed by atoms with E-state index in [1.54, 1.807) is 0 Å². The minimum absolute atomic E-state index is 0.101. The van der Waals surface area contributed by atoms with Crippen LogP contribution in [0.5, 0.6) is 0 Å². The van der Waals surface area contributed by atoms with Crippen molar-refractivity contribution in [2.75, 3.05) is 0 Å². The third-order valence-electron chi connectivity index (χ3n) is 6.21. The Balaban J connectivity index is 1.51. The number of nitrogens with zero attached hydrogens (tertiary/aromatic N) is 1. The average molecular weight is 472 g/mol. The quantitative estimate of drug-likeness (QED) is 0.552. The zero-order valence-corrected chi connectivity index (χ0v) is 19.6. The molecule has 0 spiro atoms. The summed E-state index contributed by atoms with van der Waals surface area (Å²) >= 11 is 0. The molecule has 3 aromatic rings. The topological polar surface area (TPSA) is 102 Å². The lowest BCUT2D eigenvalue weighted by atomic mass is 9.93. The average Bonchev–Trinajstić information content (AvgIpc) is 2.87. The number of benzene rings is 3. The van der Waals surface area contributed by atoms with Crippen LogP contribution in [-0.2, 0) is 40.3 Å². The summed E-state index contributed by atoms with van der Waals surface area (Å²) in [4.78, 5) is 40.0. The third-order valence-corrected chi connectivity index (χ3v) is 6.21. The predicted octanol–water partition coefficient (Wildman–Crippen LogP) is 3.27. The van der Waals surface area contributed by atoms with E-state index >= 15 is 0 Å². The predicted molar refractivity (Wildman–Crippen MR) is 132 cm³/mol. The molecule has 3 N–H and O–H groups in total. The van der Waals surface area contributed by atoms with Gasteiger partial charge in [0.05, 0.1) is 6.54 Å². The fourth-order valence-corrected chi connectivity index (χ4v) is 4.20. The number of nitrogens with two attached hydrogens (primary N) is 1. The molecule has 0 aromatic heterocycles. The summed E-state index contributed by atoms with van der Waals surface area (Å²) in [6.07, 6.45) is -0.000603. The summed E-state index contributed by atoms with van der Waals surface area (Å²) in [6.45, 7) is 2.31. The molecule has 180 valence electrons. The highest BCUT2D eigenvalue weighted by atomic mass is 16.6. The van der Waals surface area contributed by atoms with Crippen molar-refractivity contribution < 1.29 is 19.1 Å². The van der Waals surface area contributed by atoms with Gasteiger partial charge in [-0.3, -0.25) is 14.5 Å². The molecule has 1 heterocycles. The standard InChI is InChI=1S/C28H29N3O4/c1-19-11-13-20(14-12-19)15-24(26(29)32)30-27(33)25-16-22-9-5-6-10-23(22)17-31(25)28(34)35-18-21-7-3-2-4-8-21/h2-14,24-25H,15-18H2,1H3,(H2,29,32)(H,30,33)/t24-,25+/m1/s1. The highest BCUT2D eigenvalue weighted by Crippen LogP contribution is 2.25. The van der Waals surface area contributed by atoms with E-state index in [1.165, 1.54) is 4.90 Å². The maximum atomic E-state index is 13.4. The first kappa shape index (κ1) is 24.0. The molecule has 0 saturated heterocycles. The van der Waals surface area contributed by atoms with E-state index in [-0.39, 0.29) is 19.6 Å². The smallest absolute Gasteiger partial charge is 0.411 e. The fraction of sp³-hybridized carbons (Fsp3) is 0.250. The van der Waals surface area contributed by atoms with E-state index in [4.69, 9.17) is 10.5 Å². The van der Waals surface area contributed by atoms with Gasteiger partial charge in [-0.2, -0.15) is 0 Å². The van der Waals surface area contributed by atoms with E-state index in [0.717, 1.165) is 27.8 Å². The van der Waals surface area contributed by atoms with Gasteiger partial charge < -0.3 is 15.8 Å². The highest BCUT2D eigenvalue weighted by Gasteiger charge is 2.37. The molecule has 7 heteroatoms. The lowest BCUT2D eigenvalue weighted by molar-refractivity contribution is -0.131. The maximum Gasteiger partial charge on any atom is 0.411 e. The van der Waals surface area contributed by atoms with Crippen LogP contribution in [0, 0.1) is 6.92 Å². The molecule has 2 atom stereocenters. The van der Waals surface area contributed by atoms with Crippen LogP contribution in [0.15, 0.2) is 78.9 Å². The molecule has 3 aromatic carbocycles. The number of hydrogen-bond acceptors (Lipinski definition) is 4. The van der Waals surface area contributed by atoms with E-state index in [2.05, 4.69) is 5.32 Å². The first-order valence-corrected chi connectivity index (χ1v) is 11.6.